The second-order valence-electron chi connectivity index (χ2n) is 5.08. The SMILES string of the molecule is CC(C)(C)OC(=O)NCC#Cc1cc(C(F)(F)F)ccn1. The number of ether oxygens (including phenoxy) is 1. The summed E-state index contributed by atoms with van der Waals surface area (Å²) in [6, 6.07) is 1.71. The summed E-state index contributed by atoms with van der Waals surface area (Å²) in [6.07, 6.45) is -4.05. The Bertz CT molecular complexity index is 566. The van der Waals surface area contributed by atoms with Crippen molar-refractivity contribution in [1.29, 1.82) is 0 Å². The smallest absolute Gasteiger partial charge is 0.416 e. The van der Waals surface area contributed by atoms with Gasteiger partial charge in [0.2, 0.25) is 0 Å². The highest BCUT2D eigenvalue weighted by molar-refractivity contribution is 5.68. The number of carbonyl (C=O) groups excluding carboxylic acids is 1. The van der Waals surface area contributed by atoms with Crippen LogP contribution in [0.4, 0.5) is 18.0 Å². The minimum atomic E-state index is -4.44. The van der Waals surface area contributed by atoms with E-state index in [-0.39, 0.29) is 12.2 Å². The van der Waals surface area contributed by atoms with E-state index in [2.05, 4.69) is 22.1 Å². The summed E-state index contributed by atoms with van der Waals surface area (Å²) in [5.41, 5.74) is -1.46. The molecule has 1 amide bonds. The molecule has 1 rings (SSSR count). The number of alkyl halides is 3. The summed E-state index contributed by atoms with van der Waals surface area (Å²) in [5.74, 6) is 4.95. The van der Waals surface area contributed by atoms with E-state index < -0.39 is 23.4 Å². The number of nitrogens with one attached hydrogen (secondary N) is 1. The van der Waals surface area contributed by atoms with Gasteiger partial charge in [0.25, 0.3) is 0 Å². The normalized spacial score (nSPS) is 11.3. The number of nitrogens with zero attached hydrogens (tertiary/aromatic N) is 1. The lowest BCUT2D eigenvalue weighted by molar-refractivity contribution is -0.137. The monoisotopic (exact) mass is 300 g/mol. The zero-order valence-corrected chi connectivity index (χ0v) is 11.8. The van der Waals surface area contributed by atoms with Crippen LogP contribution >= 0.6 is 0 Å². The van der Waals surface area contributed by atoms with Crippen LogP contribution in [-0.2, 0) is 10.9 Å². The van der Waals surface area contributed by atoms with Gasteiger partial charge in [-0.15, -0.1) is 0 Å². The molecule has 0 aliphatic heterocycles. The fourth-order valence-corrected chi connectivity index (χ4v) is 1.24. The van der Waals surface area contributed by atoms with Crippen LogP contribution in [0.15, 0.2) is 18.3 Å². The van der Waals surface area contributed by atoms with Crippen molar-refractivity contribution in [2.75, 3.05) is 6.54 Å². The Kier molecular flexibility index (Phi) is 5.19. The van der Waals surface area contributed by atoms with E-state index in [1.54, 1.807) is 20.8 Å². The van der Waals surface area contributed by atoms with Crippen LogP contribution in [0.2, 0.25) is 0 Å². The van der Waals surface area contributed by atoms with Gasteiger partial charge in [-0.1, -0.05) is 5.92 Å². The molecule has 1 N–H and O–H groups in total. The van der Waals surface area contributed by atoms with Gasteiger partial charge in [-0.25, -0.2) is 9.78 Å². The summed E-state index contributed by atoms with van der Waals surface area (Å²) in [4.78, 5) is 15.0. The van der Waals surface area contributed by atoms with Crippen molar-refractivity contribution in [2.45, 2.75) is 32.5 Å². The summed E-state index contributed by atoms with van der Waals surface area (Å²) < 4.78 is 42.4. The molecule has 0 aliphatic rings. The lowest BCUT2D eigenvalue weighted by atomic mass is 10.2. The van der Waals surface area contributed by atoms with Gasteiger partial charge in [-0.05, 0) is 38.8 Å². The molecule has 1 aromatic heterocycles. The minimum absolute atomic E-state index is 0.0178. The molecular weight excluding hydrogens is 285 g/mol. The fraction of sp³-hybridized carbons (Fsp3) is 0.429. The number of amides is 1. The molecule has 0 fully saturated rings. The third-order valence-corrected chi connectivity index (χ3v) is 2.02. The van der Waals surface area contributed by atoms with Crippen molar-refractivity contribution in [2.24, 2.45) is 0 Å². The van der Waals surface area contributed by atoms with Gasteiger partial charge in [0.1, 0.15) is 11.3 Å². The van der Waals surface area contributed by atoms with Crippen molar-refractivity contribution in [1.82, 2.24) is 10.3 Å². The van der Waals surface area contributed by atoms with Crippen molar-refractivity contribution >= 4 is 6.09 Å². The minimum Gasteiger partial charge on any atom is -0.444 e. The van der Waals surface area contributed by atoms with E-state index >= 15 is 0 Å². The summed E-state index contributed by atoms with van der Waals surface area (Å²) >= 11 is 0. The fourth-order valence-electron chi connectivity index (χ4n) is 1.24. The molecule has 114 valence electrons. The first-order valence-electron chi connectivity index (χ1n) is 6.07. The number of pyridine rings is 1. The largest absolute Gasteiger partial charge is 0.444 e. The standard InChI is InChI=1S/C14H15F3N2O2/c1-13(2,3)21-12(20)19-7-4-5-11-9-10(6-8-18-11)14(15,16)17/h6,8-9H,7H2,1-3H3,(H,19,20). The Balaban J connectivity index is 2.58. The van der Waals surface area contributed by atoms with Gasteiger partial charge in [-0.3, -0.25) is 0 Å². The molecule has 0 aliphatic carbocycles. The Morgan fingerprint density at radius 1 is 1.38 bits per heavy atom. The topological polar surface area (TPSA) is 51.2 Å². The predicted molar refractivity (Wildman–Crippen MR) is 70.4 cm³/mol. The van der Waals surface area contributed by atoms with Crippen LogP contribution in [-0.4, -0.2) is 23.2 Å². The molecule has 1 aromatic rings. The third-order valence-electron chi connectivity index (χ3n) is 2.02. The van der Waals surface area contributed by atoms with Crippen LogP contribution in [0.3, 0.4) is 0 Å². The Hall–Kier alpha value is -2.23. The molecule has 0 spiro atoms. The van der Waals surface area contributed by atoms with E-state index in [0.717, 1.165) is 18.3 Å². The highest BCUT2D eigenvalue weighted by Crippen LogP contribution is 2.28. The van der Waals surface area contributed by atoms with Gasteiger partial charge in [0, 0.05) is 6.20 Å². The molecule has 0 unspecified atom stereocenters. The van der Waals surface area contributed by atoms with Gasteiger partial charge in [0.05, 0.1) is 12.1 Å². The van der Waals surface area contributed by atoms with E-state index in [9.17, 15) is 18.0 Å². The highest BCUT2D eigenvalue weighted by atomic mass is 19.4. The van der Waals surface area contributed by atoms with Crippen molar-refractivity contribution in [3.63, 3.8) is 0 Å². The first kappa shape index (κ1) is 16.8. The molecule has 4 nitrogen and oxygen atoms in total. The van der Waals surface area contributed by atoms with Crippen molar-refractivity contribution < 1.29 is 22.7 Å². The maximum absolute atomic E-state index is 12.5. The first-order chi connectivity index (χ1) is 9.58. The summed E-state index contributed by atoms with van der Waals surface area (Å²) in [5, 5.41) is 2.37. The summed E-state index contributed by atoms with van der Waals surface area (Å²) in [6.45, 7) is 5.09. The molecule has 1 heterocycles. The lowest BCUT2D eigenvalue weighted by Crippen LogP contribution is -2.32. The number of hydrogen-bond acceptors (Lipinski definition) is 3. The summed E-state index contributed by atoms with van der Waals surface area (Å²) in [7, 11) is 0. The molecule has 0 aromatic carbocycles. The molecule has 0 saturated carbocycles. The lowest BCUT2D eigenvalue weighted by Gasteiger charge is -2.18. The van der Waals surface area contributed by atoms with Crippen LogP contribution in [0.1, 0.15) is 32.0 Å². The molecule has 0 saturated heterocycles. The number of halogens is 3. The van der Waals surface area contributed by atoms with Crippen LogP contribution in [0, 0.1) is 11.8 Å². The zero-order valence-electron chi connectivity index (χ0n) is 11.8. The maximum atomic E-state index is 12.5. The van der Waals surface area contributed by atoms with Gasteiger partial charge in [-0.2, -0.15) is 13.2 Å². The molecule has 7 heteroatoms. The molecule has 0 atom stereocenters. The Morgan fingerprint density at radius 2 is 2.05 bits per heavy atom. The molecule has 0 radical (unpaired) electrons. The average Bonchev–Trinajstić information content (AvgIpc) is 2.32. The van der Waals surface area contributed by atoms with E-state index in [1.165, 1.54) is 0 Å². The number of alkyl carbamates (subject to hydrolysis) is 1. The zero-order chi connectivity index (χ0) is 16.1. The average molecular weight is 300 g/mol. The van der Waals surface area contributed by atoms with Gasteiger partial charge in [0.15, 0.2) is 0 Å². The second kappa shape index (κ2) is 6.48. The van der Waals surface area contributed by atoms with Gasteiger partial charge < -0.3 is 10.1 Å². The Morgan fingerprint density at radius 3 is 2.62 bits per heavy atom. The third kappa shape index (κ3) is 6.65. The van der Waals surface area contributed by atoms with E-state index in [0.29, 0.717) is 0 Å². The number of carbonyl (C=O) groups is 1. The predicted octanol–water partition coefficient (Wildman–Crippen LogP) is 2.98. The van der Waals surface area contributed by atoms with Gasteiger partial charge >= 0.3 is 12.3 Å². The first-order valence-corrected chi connectivity index (χ1v) is 6.07. The van der Waals surface area contributed by atoms with Crippen LogP contribution in [0.25, 0.3) is 0 Å². The van der Waals surface area contributed by atoms with Crippen LogP contribution < -0.4 is 5.32 Å². The van der Waals surface area contributed by atoms with E-state index in [4.69, 9.17) is 4.74 Å². The number of aromatic nitrogens is 1. The Labute approximate surface area is 120 Å². The second-order valence-corrected chi connectivity index (χ2v) is 5.08. The van der Waals surface area contributed by atoms with E-state index in [1.807, 2.05) is 0 Å². The molecule has 21 heavy (non-hydrogen) atoms. The molecular formula is C14H15F3N2O2. The van der Waals surface area contributed by atoms with Crippen molar-refractivity contribution in [3.05, 3.63) is 29.6 Å². The number of hydrogen-bond donors (Lipinski definition) is 1. The maximum Gasteiger partial charge on any atom is 0.416 e. The van der Waals surface area contributed by atoms with Crippen LogP contribution in [0.5, 0.6) is 0 Å². The quantitative estimate of drug-likeness (QED) is 0.811. The molecule has 0 bridgehead atoms. The highest BCUT2D eigenvalue weighted by Gasteiger charge is 2.30. The van der Waals surface area contributed by atoms with Crippen molar-refractivity contribution in [3.8, 4) is 11.8 Å². The number of rotatable bonds is 1.